The molecular formula is C17H10F2N2O5S. The quantitative estimate of drug-likeness (QED) is 0.669. The van der Waals surface area contributed by atoms with Gasteiger partial charge in [-0.1, -0.05) is 0 Å². The summed E-state index contributed by atoms with van der Waals surface area (Å²) in [5, 5.41) is 9.39. The maximum atomic E-state index is 12.6. The third kappa shape index (κ3) is 4.04. The highest BCUT2D eigenvalue weighted by Crippen LogP contribution is 2.29. The summed E-state index contributed by atoms with van der Waals surface area (Å²) < 4.78 is 61.8. The molecular weight excluding hydrogens is 382 g/mol. The molecule has 0 aliphatic heterocycles. The second-order valence-corrected chi connectivity index (χ2v) is 6.92. The fourth-order valence-corrected chi connectivity index (χ4v) is 3.54. The number of hydrogen-bond acceptors (Lipinski definition) is 6. The highest BCUT2D eigenvalue weighted by atomic mass is 32.2. The highest BCUT2D eigenvalue weighted by Gasteiger charge is 2.23. The van der Waals surface area contributed by atoms with Gasteiger partial charge in [0.15, 0.2) is 0 Å². The van der Waals surface area contributed by atoms with Crippen LogP contribution in [0.5, 0.6) is 5.75 Å². The first-order valence-electron chi connectivity index (χ1n) is 7.34. The predicted octanol–water partition coefficient (Wildman–Crippen LogP) is 3.07. The van der Waals surface area contributed by atoms with Crippen molar-refractivity contribution in [3.8, 4) is 11.8 Å². The van der Waals surface area contributed by atoms with E-state index in [9.17, 15) is 22.0 Å². The van der Waals surface area contributed by atoms with E-state index in [-0.39, 0.29) is 16.8 Å². The largest absolute Gasteiger partial charge is 0.433 e. The Morgan fingerprint density at radius 3 is 2.59 bits per heavy atom. The van der Waals surface area contributed by atoms with Gasteiger partial charge < -0.3 is 9.15 Å². The lowest BCUT2D eigenvalue weighted by Gasteiger charge is -2.13. The first kappa shape index (κ1) is 18.3. The van der Waals surface area contributed by atoms with Crippen molar-refractivity contribution in [3.05, 3.63) is 64.5 Å². The molecule has 0 atom stereocenters. The van der Waals surface area contributed by atoms with Crippen molar-refractivity contribution < 1.29 is 26.4 Å². The minimum Gasteiger partial charge on any atom is -0.433 e. The number of halogens is 2. The normalized spacial score (nSPS) is 11.3. The van der Waals surface area contributed by atoms with Gasteiger partial charge in [0.2, 0.25) is 0 Å². The fourth-order valence-electron chi connectivity index (χ4n) is 2.33. The van der Waals surface area contributed by atoms with Crippen molar-refractivity contribution in [2.24, 2.45) is 0 Å². The number of nitrogens with zero attached hydrogens (tertiary/aromatic N) is 1. The van der Waals surface area contributed by atoms with Gasteiger partial charge in [-0.2, -0.15) is 14.0 Å². The molecule has 0 unspecified atom stereocenters. The van der Waals surface area contributed by atoms with E-state index in [0.29, 0.717) is 5.39 Å². The maximum Gasteiger partial charge on any atom is 0.387 e. The third-order valence-electron chi connectivity index (χ3n) is 3.45. The van der Waals surface area contributed by atoms with E-state index in [0.717, 1.165) is 18.2 Å². The van der Waals surface area contributed by atoms with Crippen molar-refractivity contribution in [1.29, 1.82) is 5.26 Å². The molecule has 0 amide bonds. The van der Waals surface area contributed by atoms with E-state index < -0.39 is 32.9 Å². The van der Waals surface area contributed by atoms with Crippen LogP contribution in [0.15, 0.2) is 62.6 Å². The summed E-state index contributed by atoms with van der Waals surface area (Å²) in [5.74, 6) is -0.594. The van der Waals surface area contributed by atoms with Crippen LogP contribution in [-0.4, -0.2) is 15.0 Å². The molecule has 0 spiro atoms. The Morgan fingerprint density at radius 1 is 1.11 bits per heavy atom. The Kier molecular flexibility index (Phi) is 4.79. The second-order valence-electron chi connectivity index (χ2n) is 5.26. The zero-order chi connectivity index (χ0) is 19.6. The average Bonchev–Trinajstić information content (AvgIpc) is 2.61. The smallest absolute Gasteiger partial charge is 0.387 e. The van der Waals surface area contributed by atoms with Crippen LogP contribution in [0.4, 0.5) is 14.5 Å². The van der Waals surface area contributed by atoms with E-state index in [4.69, 9.17) is 9.68 Å². The number of nitrogens with one attached hydrogen (secondary N) is 1. The summed E-state index contributed by atoms with van der Waals surface area (Å²) in [6, 6.07) is 11.6. The van der Waals surface area contributed by atoms with Gasteiger partial charge in [0, 0.05) is 17.1 Å². The summed E-state index contributed by atoms with van der Waals surface area (Å²) in [6.07, 6.45) is 0. The standard InChI is InChI=1S/C17H10F2N2O5S/c18-17(19)26-14-4-1-10(9-20)7-15(14)27(23,24)21-12-3-5-13-11(8-12)2-6-16(22)25-13/h1-8,17,21H. The summed E-state index contributed by atoms with van der Waals surface area (Å²) >= 11 is 0. The van der Waals surface area contributed by atoms with Crippen LogP contribution in [0, 0.1) is 11.3 Å². The van der Waals surface area contributed by atoms with Gasteiger partial charge >= 0.3 is 12.2 Å². The van der Waals surface area contributed by atoms with Crippen molar-refractivity contribution >= 4 is 26.7 Å². The Bertz CT molecular complexity index is 1220. The maximum absolute atomic E-state index is 12.6. The van der Waals surface area contributed by atoms with Gasteiger partial charge in [-0.3, -0.25) is 4.72 Å². The number of ether oxygens (including phenoxy) is 1. The highest BCUT2D eigenvalue weighted by molar-refractivity contribution is 7.92. The molecule has 3 rings (SSSR count). The third-order valence-corrected chi connectivity index (χ3v) is 4.85. The second kappa shape index (κ2) is 7.05. The zero-order valence-electron chi connectivity index (χ0n) is 13.3. The van der Waals surface area contributed by atoms with Crippen LogP contribution in [0.3, 0.4) is 0 Å². The molecule has 0 bridgehead atoms. The van der Waals surface area contributed by atoms with Crippen molar-refractivity contribution in [3.63, 3.8) is 0 Å². The van der Waals surface area contributed by atoms with E-state index in [1.54, 1.807) is 6.07 Å². The molecule has 1 aromatic heterocycles. The SMILES string of the molecule is N#Cc1ccc(OC(F)F)c(S(=O)(=O)Nc2ccc3oc(=O)ccc3c2)c1. The van der Waals surface area contributed by atoms with Gasteiger partial charge in [-0.25, -0.2) is 13.2 Å². The molecule has 0 saturated heterocycles. The topological polar surface area (TPSA) is 109 Å². The van der Waals surface area contributed by atoms with Crippen LogP contribution in [0.25, 0.3) is 11.0 Å². The molecule has 138 valence electrons. The molecule has 0 saturated carbocycles. The van der Waals surface area contributed by atoms with Gasteiger partial charge in [-0.15, -0.1) is 0 Å². The Balaban J connectivity index is 2.03. The number of benzene rings is 2. The minimum atomic E-state index is -4.35. The fraction of sp³-hybridized carbons (Fsp3) is 0.0588. The number of fused-ring (bicyclic) bond motifs is 1. The molecule has 10 heteroatoms. The molecule has 7 nitrogen and oxygen atoms in total. The van der Waals surface area contributed by atoms with Crippen LogP contribution in [0.1, 0.15) is 5.56 Å². The number of hydrogen-bond donors (Lipinski definition) is 1. The van der Waals surface area contributed by atoms with Crippen LogP contribution >= 0.6 is 0 Å². The zero-order valence-corrected chi connectivity index (χ0v) is 14.2. The molecule has 0 aliphatic carbocycles. The number of anilines is 1. The van der Waals surface area contributed by atoms with Gasteiger partial charge in [0.1, 0.15) is 16.2 Å². The Morgan fingerprint density at radius 2 is 1.89 bits per heavy atom. The summed E-state index contributed by atoms with van der Waals surface area (Å²) in [6.45, 7) is -3.24. The molecule has 3 aromatic rings. The van der Waals surface area contributed by atoms with Crippen molar-refractivity contribution in [2.45, 2.75) is 11.5 Å². The monoisotopic (exact) mass is 392 g/mol. The minimum absolute atomic E-state index is 0.0442. The van der Waals surface area contributed by atoms with Crippen LogP contribution < -0.4 is 15.1 Å². The predicted molar refractivity (Wildman–Crippen MR) is 91.1 cm³/mol. The Hall–Kier alpha value is -3.45. The van der Waals surface area contributed by atoms with Crippen molar-refractivity contribution in [2.75, 3.05) is 4.72 Å². The number of sulfonamides is 1. The van der Waals surface area contributed by atoms with Gasteiger partial charge in [0.25, 0.3) is 10.0 Å². The van der Waals surface area contributed by atoms with Crippen LogP contribution in [-0.2, 0) is 10.0 Å². The molecule has 2 aromatic carbocycles. The van der Waals surface area contributed by atoms with E-state index in [1.807, 2.05) is 0 Å². The lowest BCUT2D eigenvalue weighted by atomic mass is 10.2. The number of rotatable bonds is 5. The molecule has 27 heavy (non-hydrogen) atoms. The van der Waals surface area contributed by atoms with Crippen LogP contribution in [0.2, 0.25) is 0 Å². The van der Waals surface area contributed by atoms with Crippen molar-refractivity contribution in [1.82, 2.24) is 0 Å². The summed E-state index contributed by atoms with van der Waals surface area (Å²) in [5.41, 5.74) is -0.254. The summed E-state index contributed by atoms with van der Waals surface area (Å²) in [7, 11) is -4.35. The van der Waals surface area contributed by atoms with Gasteiger partial charge in [-0.05, 0) is 42.5 Å². The lowest BCUT2D eigenvalue weighted by molar-refractivity contribution is -0.0517. The first-order valence-corrected chi connectivity index (χ1v) is 8.82. The molecule has 0 radical (unpaired) electrons. The Labute approximate surface area is 151 Å². The first-order chi connectivity index (χ1) is 12.8. The van der Waals surface area contributed by atoms with Gasteiger partial charge in [0.05, 0.1) is 11.6 Å². The van der Waals surface area contributed by atoms with E-state index in [2.05, 4.69) is 9.46 Å². The number of nitriles is 1. The number of alkyl halides is 2. The molecule has 0 aliphatic rings. The van der Waals surface area contributed by atoms with E-state index >= 15 is 0 Å². The molecule has 1 N–H and O–H groups in total. The molecule has 0 fully saturated rings. The summed E-state index contributed by atoms with van der Waals surface area (Å²) in [4.78, 5) is 10.6. The molecule has 1 heterocycles. The van der Waals surface area contributed by atoms with E-state index in [1.165, 1.54) is 30.3 Å². The lowest BCUT2D eigenvalue weighted by Crippen LogP contribution is -2.16. The average molecular weight is 392 g/mol.